The van der Waals surface area contributed by atoms with E-state index in [4.69, 9.17) is 4.74 Å². The van der Waals surface area contributed by atoms with E-state index in [1.165, 1.54) is 0 Å². The van der Waals surface area contributed by atoms with E-state index in [0.29, 0.717) is 31.1 Å². The van der Waals surface area contributed by atoms with E-state index in [9.17, 15) is 13.2 Å². The Bertz CT molecular complexity index is 1210. The van der Waals surface area contributed by atoms with Crippen LogP contribution in [0, 0.1) is 0 Å². The minimum absolute atomic E-state index is 0.123. The molecule has 1 aliphatic rings. The molecule has 7 nitrogen and oxygen atoms in total. The Labute approximate surface area is 189 Å². The summed E-state index contributed by atoms with van der Waals surface area (Å²) in [4.78, 5) is 13.2. The van der Waals surface area contributed by atoms with Gasteiger partial charge in [-0.1, -0.05) is 18.2 Å². The molecular weight excluding hydrogens is 426 g/mol. The third kappa shape index (κ3) is 4.38. The highest BCUT2D eigenvalue weighted by atomic mass is 32.2. The van der Waals surface area contributed by atoms with Gasteiger partial charge < -0.3 is 14.6 Å². The van der Waals surface area contributed by atoms with Crippen LogP contribution in [0.15, 0.2) is 59.6 Å². The summed E-state index contributed by atoms with van der Waals surface area (Å²) in [5, 5.41) is 3.78. The lowest BCUT2D eigenvalue weighted by Crippen LogP contribution is -2.30. The molecule has 4 rings (SSSR count). The van der Waals surface area contributed by atoms with E-state index in [-0.39, 0.29) is 5.91 Å². The Balaban J connectivity index is 1.50. The molecule has 1 fully saturated rings. The lowest BCUT2D eigenvalue weighted by atomic mass is 10.2. The predicted molar refractivity (Wildman–Crippen MR) is 124 cm³/mol. The molecule has 1 saturated heterocycles. The zero-order valence-corrected chi connectivity index (χ0v) is 19.3. The summed E-state index contributed by atoms with van der Waals surface area (Å²) in [7, 11) is -3.47. The second-order valence-corrected chi connectivity index (χ2v) is 9.93. The average Bonchev–Trinajstić information content (AvgIpc) is 3.48. The first-order valence-electron chi connectivity index (χ1n) is 11.0. The number of nitrogens with one attached hydrogen (secondary N) is 1. The summed E-state index contributed by atoms with van der Waals surface area (Å²) in [5.74, 6) is 0.642. The lowest BCUT2D eigenvalue weighted by molar-refractivity contribution is -0.123. The molecule has 0 spiro atoms. The first kappa shape index (κ1) is 22.4. The summed E-state index contributed by atoms with van der Waals surface area (Å²) in [6.07, 6.45) is 3.63. The third-order valence-corrected chi connectivity index (χ3v) is 7.81. The van der Waals surface area contributed by atoms with E-state index in [1.807, 2.05) is 54.9 Å². The fraction of sp³-hybridized carbons (Fsp3) is 0.375. The quantitative estimate of drug-likeness (QED) is 0.562. The van der Waals surface area contributed by atoms with Gasteiger partial charge in [-0.15, -0.1) is 0 Å². The maximum absolute atomic E-state index is 12.9. The van der Waals surface area contributed by atoms with Gasteiger partial charge in [0.25, 0.3) is 0 Å². The van der Waals surface area contributed by atoms with E-state index in [0.717, 1.165) is 35.1 Å². The van der Waals surface area contributed by atoms with E-state index < -0.39 is 16.1 Å². The van der Waals surface area contributed by atoms with Crippen molar-refractivity contribution in [3.8, 4) is 5.75 Å². The van der Waals surface area contributed by atoms with Gasteiger partial charge in [-0.3, -0.25) is 4.79 Å². The number of carbonyl (C=O) groups excluding carboxylic acids is 1. The van der Waals surface area contributed by atoms with Crippen LogP contribution in [0.5, 0.6) is 5.75 Å². The first-order valence-corrected chi connectivity index (χ1v) is 12.4. The van der Waals surface area contributed by atoms with Crippen molar-refractivity contribution < 1.29 is 17.9 Å². The number of carbonyl (C=O) groups is 1. The molecule has 0 saturated carbocycles. The van der Waals surface area contributed by atoms with Crippen molar-refractivity contribution in [3.05, 3.63) is 60.3 Å². The van der Waals surface area contributed by atoms with Crippen LogP contribution in [0.3, 0.4) is 0 Å². The van der Waals surface area contributed by atoms with Crippen LogP contribution in [-0.4, -0.2) is 42.9 Å². The Hall–Kier alpha value is -2.84. The zero-order valence-electron chi connectivity index (χ0n) is 18.5. The number of amides is 1. The number of hydrogen-bond donors (Lipinski definition) is 1. The van der Waals surface area contributed by atoms with Crippen LogP contribution < -0.4 is 10.1 Å². The van der Waals surface area contributed by atoms with Crippen LogP contribution in [-0.2, 0) is 21.4 Å². The van der Waals surface area contributed by atoms with Gasteiger partial charge in [0.2, 0.25) is 15.9 Å². The molecule has 0 aliphatic carbocycles. The Kier molecular flexibility index (Phi) is 6.53. The van der Waals surface area contributed by atoms with Gasteiger partial charge in [0.05, 0.1) is 11.5 Å². The largest absolute Gasteiger partial charge is 0.494 e. The first-order chi connectivity index (χ1) is 15.4. The van der Waals surface area contributed by atoms with Crippen LogP contribution in [0.1, 0.15) is 38.3 Å². The van der Waals surface area contributed by atoms with Gasteiger partial charge in [-0.05, 0) is 57.0 Å². The molecule has 1 aromatic heterocycles. The average molecular weight is 456 g/mol. The standard InChI is InChI=1S/C24H29N3O4S/c1-3-31-23-9-5-4-8-20(23)17-25-24(28)18(2)27-15-12-19-16-21(10-11-22(19)27)32(29,30)26-13-6-7-14-26/h4-5,8-12,15-16,18H,3,6-7,13-14,17H2,1-2H3,(H,25,28)/t18-/m0/s1. The second-order valence-electron chi connectivity index (χ2n) is 7.99. The van der Waals surface area contributed by atoms with E-state index >= 15 is 0 Å². The number of aromatic nitrogens is 1. The number of hydrogen-bond acceptors (Lipinski definition) is 4. The molecule has 0 bridgehead atoms. The number of nitrogens with zero attached hydrogens (tertiary/aromatic N) is 2. The third-order valence-electron chi connectivity index (χ3n) is 5.92. The summed E-state index contributed by atoms with van der Waals surface area (Å²) in [6, 6.07) is 14.2. The second kappa shape index (κ2) is 9.34. The molecular formula is C24H29N3O4S. The minimum atomic E-state index is -3.47. The van der Waals surface area contributed by atoms with Crippen molar-refractivity contribution in [2.75, 3.05) is 19.7 Å². The van der Waals surface area contributed by atoms with Crippen LogP contribution in [0.4, 0.5) is 0 Å². The molecule has 2 heterocycles. The van der Waals surface area contributed by atoms with Gasteiger partial charge in [-0.2, -0.15) is 4.31 Å². The van der Waals surface area contributed by atoms with Crippen molar-refractivity contribution >= 4 is 26.8 Å². The SMILES string of the molecule is CCOc1ccccc1CNC(=O)[C@H](C)n1ccc2cc(S(=O)(=O)N3CCCC3)ccc21. The van der Waals surface area contributed by atoms with Crippen molar-refractivity contribution in [3.63, 3.8) is 0 Å². The molecule has 1 N–H and O–H groups in total. The van der Waals surface area contributed by atoms with Gasteiger partial charge in [0, 0.05) is 42.3 Å². The van der Waals surface area contributed by atoms with Crippen LogP contribution in [0.2, 0.25) is 0 Å². The fourth-order valence-electron chi connectivity index (χ4n) is 4.12. The number of fused-ring (bicyclic) bond motifs is 1. The van der Waals surface area contributed by atoms with Crippen molar-refractivity contribution in [2.45, 2.75) is 44.2 Å². The number of ether oxygens (including phenoxy) is 1. The summed E-state index contributed by atoms with van der Waals surface area (Å²) in [6.45, 7) is 5.84. The maximum Gasteiger partial charge on any atom is 0.243 e. The van der Waals surface area contributed by atoms with Gasteiger partial charge in [0.15, 0.2) is 0 Å². The smallest absolute Gasteiger partial charge is 0.243 e. The number of sulfonamides is 1. The summed E-state index contributed by atoms with van der Waals surface area (Å²) in [5.41, 5.74) is 1.74. The Morgan fingerprint density at radius 3 is 2.62 bits per heavy atom. The minimum Gasteiger partial charge on any atom is -0.494 e. The summed E-state index contributed by atoms with van der Waals surface area (Å²) >= 11 is 0. The predicted octanol–water partition coefficient (Wildman–Crippen LogP) is 3.70. The maximum atomic E-state index is 12.9. The van der Waals surface area contributed by atoms with E-state index in [2.05, 4.69) is 5.32 Å². The van der Waals surface area contributed by atoms with Gasteiger partial charge >= 0.3 is 0 Å². The monoisotopic (exact) mass is 455 g/mol. The highest BCUT2D eigenvalue weighted by molar-refractivity contribution is 7.89. The van der Waals surface area contributed by atoms with Crippen LogP contribution >= 0.6 is 0 Å². The highest BCUT2D eigenvalue weighted by Crippen LogP contribution is 2.27. The van der Waals surface area contributed by atoms with Crippen LogP contribution in [0.25, 0.3) is 10.9 Å². The lowest BCUT2D eigenvalue weighted by Gasteiger charge is -2.17. The molecule has 3 aromatic rings. The normalized spacial score (nSPS) is 15.7. The van der Waals surface area contributed by atoms with E-state index in [1.54, 1.807) is 22.5 Å². The van der Waals surface area contributed by atoms with Gasteiger partial charge in [0.1, 0.15) is 11.8 Å². The molecule has 2 aromatic carbocycles. The topological polar surface area (TPSA) is 80.6 Å². The number of benzene rings is 2. The van der Waals surface area contributed by atoms with Crippen molar-refractivity contribution in [1.82, 2.24) is 14.2 Å². The molecule has 1 atom stereocenters. The Morgan fingerprint density at radius 2 is 1.88 bits per heavy atom. The highest BCUT2D eigenvalue weighted by Gasteiger charge is 2.27. The molecule has 0 unspecified atom stereocenters. The zero-order chi connectivity index (χ0) is 22.7. The molecule has 1 amide bonds. The molecule has 0 radical (unpaired) electrons. The number of para-hydroxylation sites is 1. The van der Waals surface area contributed by atoms with Crippen molar-refractivity contribution in [1.29, 1.82) is 0 Å². The fourth-order valence-corrected chi connectivity index (χ4v) is 5.67. The van der Waals surface area contributed by atoms with Gasteiger partial charge in [-0.25, -0.2) is 8.42 Å². The molecule has 1 aliphatic heterocycles. The molecule has 8 heteroatoms. The summed E-state index contributed by atoms with van der Waals surface area (Å²) < 4.78 is 34.8. The number of rotatable bonds is 8. The molecule has 170 valence electrons. The van der Waals surface area contributed by atoms with Crippen molar-refractivity contribution in [2.24, 2.45) is 0 Å². The Morgan fingerprint density at radius 1 is 1.12 bits per heavy atom. The molecule has 32 heavy (non-hydrogen) atoms.